The van der Waals surface area contributed by atoms with Gasteiger partial charge in [-0.1, -0.05) is 170 Å². The largest absolute Gasteiger partial charge is 0.455 e. The van der Waals surface area contributed by atoms with Crippen LogP contribution in [0.25, 0.3) is 76.2 Å². The van der Waals surface area contributed by atoms with Crippen LogP contribution in [0.5, 0.6) is 23.0 Å². The molecule has 298 valence electrons. The number of anilines is 3. The summed E-state index contributed by atoms with van der Waals surface area (Å²) < 4.78 is 19.7. The molecule has 12 rings (SSSR count). The highest BCUT2D eigenvalue weighted by Gasteiger charge is 2.30. The molecule has 1 aliphatic rings. The summed E-state index contributed by atoms with van der Waals surface area (Å²) in [5.74, 6) is 2.90. The first-order valence-corrected chi connectivity index (χ1v) is 21.9. The van der Waals surface area contributed by atoms with Crippen molar-refractivity contribution in [3.05, 3.63) is 224 Å². The predicted molar refractivity (Wildman–Crippen MR) is 260 cm³/mol. The highest BCUT2D eigenvalue weighted by molar-refractivity contribution is 7.19. The maximum Gasteiger partial charge on any atom is 0.189 e. The summed E-state index contributed by atoms with van der Waals surface area (Å²) in [5, 5.41) is 2.24. The lowest BCUT2D eigenvalue weighted by atomic mass is 9.96. The fraction of sp³-hybridized carbons (Fsp3) is 0. The van der Waals surface area contributed by atoms with E-state index < -0.39 is 0 Å². The summed E-state index contributed by atoms with van der Waals surface area (Å²) >= 11 is 1.69. The van der Waals surface area contributed by atoms with E-state index in [1.165, 1.54) is 5.56 Å². The SMILES string of the molecule is c1ccc(-c2ccc(N(c3ccc(-c4sc(-c5ccccc5)c5c4Oc4ccccc4O5)cc3)c3ccc(-c4cccc5c4oc4ccccc45)cc3)c(-c3ccccc3)c2)cc1. The molecule has 0 amide bonds. The molecule has 0 bridgehead atoms. The van der Waals surface area contributed by atoms with E-state index in [0.717, 1.165) is 99.2 Å². The molecule has 0 atom stereocenters. The average molecular weight is 828 g/mol. The van der Waals surface area contributed by atoms with Crippen molar-refractivity contribution >= 4 is 50.3 Å². The summed E-state index contributed by atoms with van der Waals surface area (Å²) in [6.45, 7) is 0. The zero-order chi connectivity index (χ0) is 41.7. The maximum atomic E-state index is 6.65. The first-order chi connectivity index (χ1) is 31.2. The number of nitrogens with zero attached hydrogens (tertiary/aromatic N) is 1. The molecule has 4 nitrogen and oxygen atoms in total. The molecule has 0 radical (unpaired) electrons. The van der Waals surface area contributed by atoms with Gasteiger partial charge >= 0.3 is 0 Å². The Bertz CT molecular complexity index is 3430. The van der Waals surface area contributed by atoms with Crippen LogP contribution in [0.3, 0.4) is 0 Å². The van der Waals surface area contributed by atoms with Crippen molar-refractivity contribution in [3.8, 4) is 77.3 Å². The zero-order valence-corrected chi connectivity index (χ0v) is 34.8. The second-order valence-corrected chi connectivity index (χ2v) is 16.6. The lowest BCUT2D eigenvalue weighted by molar-refractivity contribution is 0.364. The highest BCUT2D eigenvalue weighted by Crippen LogP contribution is 2.59. The summed E-state index contributed by atoms with van der Waals surface area (Å²) in [7, 11) is 0. The monoisotopic (exact) mass is 827 g/mol. The van der Waals surface area contributed by atoms with Crippen molar-refractivity contribution < 1.29 is 13.9 Å². The molecule has 0 saturated heterocycles. The van der Waals surface area contributed by atoms with Gasteiger partial charge in [-0.25, -0.2) is 0 Å². The second-order valence-electron chi connectivity index (χ2n) is 15.6. The number of benzene rings is 9. The van der Waals surface area contributed by atoms with Crippen molar-refractivity contribution in [3.63, 3.8) is 0 Å². The molecule has 5 heteroatoms. The summed E-state index contributed by atoms with van der Waals surface area (Å²) in [6, 6.07) is 78.6. The first kappa shape index (κ1) is 36.7. The minimum Gasteiger partial charge on any atom is -0.455 e. The van der Waals surface area contributed by atoms with Gasteiger partial charge in [0.15, 0.2) is 23.0 Å². The average Bonchev–Trinajstić information content (AvgIpc) is 3.93. The van der Waals surface area contributed by atoms with Gasteiger partial charge in [0, 0.05) is 33.3 Å². The molecule has 0 spiro atoms. The maximum absolute atomic E-state index is 6.65. The fourth-order valence-corrected chi connectivity index (χ4v) is 9.90. The molecule has 0 saturated carbocycles. The molecule has 1 aliphatic heterocycles. The molecule has 3 heterocycles. The zero-order valence-electron chi connectivity index (χ0n) is 33.9. The number of hydrogen-bond acceptors (Lipinski definition) is 5. The molecule has 0 aliphatic carbocycles. The van der Waals surface area contributed by atoms with Gasteiger partial charge in [0.1, 0.15) is 11.2 Å². The fourth-order valence-electron chi connectivity index (χ4n) is 8.74. The molecule has 0 N–H and O–H groups in total. The van der Waals surface area contributed by atoms with Gasteiger partial charge in [-0.2, -0.15) is 0 Å². The van der Waals surface area contributed by atoms with Crippen molar-refractivity contribution in [2.24, 2.45) is 0 Å². The van der Waals surface area contributed by atoms with Crippen LogP contribution in [0.2, 0.25) is 0 Å². The number of hydrogen-bond donors (Lipinski definition) is 0. The van der Waals surface area contributed by atoms with Crippen LogP contribution < -0.4 is 14.4 Å². The first-order valence-electron chi connectivity index (χ1n) is 21.1. The number of fused-ring (bicyclic) bond motifs is 5. The highest BCUT2D eigenvalue weighted by atomic mass is 32.1. The second kappa shape index (κ2) is 15.4. The smallest absolute Gasteiger partial charge is 0.189 e. The Morgan fingerprint density at radius 2 is 0.841 bits per heavy atom. The minimum absolute atomic E-state index is 0.707. The third kappa shape index (κ3) is 6.54. The third-order valence-corrected chi connectivity index (χ3v) is 13.0. The van der Waals surface area contributed by atoms with Crippen molar-refractivity contribution in [2.75, 3.05) is 4.90 Å². The van der Waals surface area contributed by atoms with E-state index >= 15 is 0 Å². The third-order valence-electron chi connectivity index (χ3n) is 11.8. The van der Waals surface area contributed by atoms with Gasteiger partial charge in [-0.05, 0) is 88.0 Å². The molecule has 2 aromatic heterocycles. The lowest BCUT2D eigenvalue weighted by Crippen LogP contribution is -2.11. The molecule has 63 heavy (non-hydrogen) atoms. The number of ether oxygens (including phenoxy) is 2. The van der Waals surface area contributed by atoms with Gasteiger partial charge in [0.2, 0.25) is 0 Å². The van der Waals surface area contributed by atoms with Crippen molar-refractivity contribution in [1.29, 1.82) is 0 Å². The molecule has 9 aromatic carbocycles. The van der Waals surface area contributed by atoms with Crippen LogP contribution in [-0.4, -0.2) is 0 Å². The Balaban J connectivity index is 1.00. The Morgan fingerprint density at radius 1 is 0.349 bits per heavy atom. The topological polar surface area (TPSA) is 34.8 Å². The van der Waals surface area contributed by atoms with Crippen LogP contribution in [-0.2, 0) is 0 Å². The van der Waals surface area contributed by atoms with E-state index in [4.69, 9.17) is 13.9 Å². The Morgan fingerprint density at radius 3 is 1.49 bits per heavy atom. The Labute approximate surface area is 369 Å². The van der Waals surface area contributed by atoms with Gasteiger partial charge in [0.05, 0.1) is 15.4 Å². The van der Waals surface area contributed by atoms with E-state index in [1.807, 2.05) is 42.5 Å². The van der Waals surface area contributed by atoms with Crippen LogP contribution in [0.15, 0.2) is 229 Å². The van der Waals surface area contributed by atoms with E-state index in [0.29, 0.717) is 11.5 Å². The van der Waals surface area contributed by atoms with Gasteiger partial charge in [0.25, 0.3) is 0 Å². The summed E-state index contributed by atoms with van der Waals surface area (Å²) in [4.78, 5) is 4.41. The van der Waals surface area contributed by atoms with Crippen LogP contribution in [0.4, 0.5) is 17.1 Å². The van der Waals surface area contributed by atoms with Gasteiger partial charge < -0.3 is 18.8 Å². The van der Waals surface area contributed by atoms with Gasteiger partial charge in [-0.15, -0.1) is 11.3 Å². The van der Waals surface area contributed by atoms with E-state index in [9.17, 15) is 0 Å². The number of rotatable bonds is 8. The van der Waals surface area contributed by atoms with E-state index in [2.05, 4.69) is 187 Å². The molecule has 11 aromatic rings. The minimum atomic E-state index is 0.707. The summed E-state index contributed by atoms with van der Waals surface area (Å²) in [5.41, 5.74) is 13.8. The standard InChI is InChI=1S/C58H37NO3S/c1-4-15-38(16-5-1)43-31-36-50(49(37-43)39-17-6-2-7-18-39)59(44-32-27-40(28-33-44)46-22-14-23-48-47-21-10-11-24-51(47)60-54(46)48)45-34-29-42(30-35-45)58-56-55(57(63-58)41-19-8-3-9-20-41)61-52-25-12-13-26-53(52)62-56/h1-37H. The number of thiophene rings is 1. The molecule has 0 unspecified atom stereocenters. The van der Waals surface area contributed by atoms with Crippen LogP contribution >= 0.6 is 11.3 Å². The van der Waals surface area contributed by atoms with Crippen molar-refractivity contribution in [1.82, 2.24) is 0 Å². The lowest BCUT2D eigenvalue weighted by Gasteiger charge is -2.29. The molecular formula is C58H37NO3S. The van der Waals surface area contributed by atoms with Crippen LogP contribution in [0.1, 0.15) is 0 Å². The van der Waals surface area contributed by atoms with Gasteiger partial charge in [-0.3, -0.25) is 0 Å². The Hall–Kier alpha value is -8.12. The van der Waals surface area contributed by atoms with Crippen molar-refractivity contribution in [2.45, 2.75) is 0 Å². The predicted octanol–water partition coefficient (Wildman–Crippen LogP) is 17.4. The Kier molecular flexibility index (Phi) is 8.98. The van der Waals surface area contributed by atoms with Crippen LogP contribution in [0, 0.1) is 0 Å². The molecule has 0 fully saturated rings. The number of para-hydroxylation sites is 4. The van der Waals surface area contributed by atoms with E-state index in [1.54, 1.807) is 11.3 Å². The normalized spacial score (nSPS) is 11.7. The summed E-state index contributed by atoms with van der Waals surface area (Å²) in [6.07, 6.45) is 0. The van der Waals surface area contributed by atoms with E-state index in [-0.39, 0.29) is 0 Å². The number of furan rings is 1. The molecular weight excluding hydrogens is 791 g/mol. The quantitative estimate of drug-likeness (QED) is 0.153.